The third-order valence-corrected chi connectivity index (χ3v) is 2.28. The second-order valence-electron chi connectivity index (χ2n) is 2.84. The van der Waals surface area contributed by atoms with Crippen LogP contribution in [-0.4, -0.2) is 13.2 Å². The van der Waals surface area contributed by atoms with E-state index in [1.807, 2.05) is 0 Å². The molecule has 3 unspecified atom stereocenters. The minimum Gasteiger partial charge on any atom is -0.413 e. The second kappa shape index (κ2) is 5.91. The van der Waals surface area contributed by atoms with E-state index in [2.05, 4.69) is 18.6 Å². The predicted molar refractivity (Wildman–Crippen MR) is 48.7 cm³/mol. The Morgan fingerprint density at radius 1 is 1.33 bits per heavy atom. The van der Waals surface area contributed by atoms with Gasteiger partial charge in [-0.3, -0.25) is 6.42 Å². The number of hydrogen-bond acceptors (Lipinski definition) is 1. The summed E-state index contributed by atoms with van der Waals surface area (Å²) in [5.74, 6) is 1.42. The van der Waals surface area contributed by atoms with Crippen LogP contribution in [-0.2, 0) is 25.2 Å². The van der Waals surface area contributed by atoms with Crippen LogP contribution in [0.4, 0.5) is 0 Å². The fraction of sp³-hybridized carbons (Fsp3) is 0.500. The van der Waals surface area contributed by atoms with Crippen LogP contribution in [0.5, 0.6) is 0 Å². The Kier molecular flexibility index (Phi) is 7.33. The van der Waals surface area contributed by atoms with Gasteiger partial charge in [0.25, 0.3) is 0 Å². The molecular weight excluding hydrogens is 243 g/mol. The molecule has 0 heterocycles. The summed E-state index contributed by atoms with van der Waals surface area (Å²) in [5, 5.41) is 0. The summed E-state index contributed by atoms with van der Waals surface area (Å²) in [6.07, 6.45) is 8.56. The van der Waals surface area contributed by atoms with Crippen molar-refractivity contribution in [2.45, 2.75) is 12.5 Å². The van der Waals surface area contributed by atoms with Gasteiger partial charge in [0, 0.05) is 27.5 Å². The van der Waals surface area contributed by atoms with E-state index in [-0.39, 0.29) is 35.3 Å². The molecule has 0 aromatic rings. The average molecular weight is 260 g/mol. The normalized spacial score (nSPS) is 34.9. The Morgan fingerprint density at radius 2 is 2.00 bits per heavy atom. The van der Waals surface area contributed by atoms with E-state index in [9.17, 15) is 0 Å². The molecule has 2 bridgehead atoms. The van der Waals surface area contributed by atoms with E-state index < -0.39 is 0 Å². The van der Waals surface area contributed by atoms with Crippen LogP contribution < -0.4 is 0 Å². The van der Waals surface area contributed by atoms with Crippen molar-refractivity contribution >= 4 is 0 Å². The summed E-state index contributed by atoms with van der Waals surface area (Å²) in [6.45, 7) is 0. The maximum Gasteiger partial charge on any atom is 0.0323 e. The molecular formula is C10H17OPd-3. The number of methoxy groups -OCH3 is 1. The van der Waals surface area contributed by atoms with Gasteiger partial charge in [0.2, 0.25) is 0 Å². The third kappa shape index (κ3) is 2.42. The summed E-state index contributed by atoms with van der Waals surface area (Å²) >= 11 is 0. The van der Waals surface area contributed by atoms with Crippen molar-refractivity contribution in [1.82, 2.24) is 0 Å². The summed E-state index contributed by atoms with van der Waals surface area (Å²) in [7, 11) is 1.79. The van der Waals surface area contributed by atoms with Gasteiger partial charge in [0.05, 0.1) is 0 Å². The second-order valence-corrected chi connectivity index (χ2v) is 2.84. The first kappa shape index (κ1) is 14.9. The molecule has 12 heavy (non-hydrogen) atoms. The average Bonchev–Trinajstić information content (AvgIpc) is 2.45. The molecule has 0 saturated heterocycles. The Hall–Kier alpha value is 0.362. The van der Waals surface area contributed by atoms with Crippen molar-refractivity contribution in [3.8, 4) is 0 Å². The molecule has 0 radical (unpaired) electrons. The number of allylic oxidation sites excluding steroid dienone is 1. The number of rotatable bonds is 1. The first-order valence-electron chi connectivity index (χ1n) is 3.46. The predicted octanol–water partition coefficient (Wildman–Crippen LogP) is 2.31. The quantitative estimate of drug-likeness (QED) is 0.399. The van der Waals surface area contributed by atoms with Crippen molar-refractivity contribution in [3.63, 3.8) is 0 Å². The zero-order chi connectivity index (χ0) is 6.27. The van der Waals surface area contributed by atoms with Crippen LogP contribution in [0.15, 0.2) is 12.2 Å². The largest absolute Gasteiger partial charge is 0.413 e. The van der Waals surface area contributed by atoms with Crippen molar-refractivity contribution in [2.75, 3.05) is 7.11 Å². The SMILES string of the molecule is COC1[CH-]C2C=CC1C2.[CH3-].[CH3-].[Pd]. The molecule has 1 saturated carbocycles. The topological polar surface area (TPSA) is 9.23 Å². The zero-order valence-corrected chi connectivity index (χ0v) is 9.45. The molecule has 2 heteroatoms. The fourth-order valence-electron chi connectivity index (χ4n) is 1.78. The summed E-state index contributed by atoms with van der Waals surface area (Å²) in [5.41, 5.74) is 0. The molecule has 1 nitrogen and oxygen atoms in total. The van der Waals surface area contributed by atoms with Crippen LogP contribution >= 0.6 is 0 Å². The monoisotopic (exact) mass is 259 g/mol. The van der Waals surface area contributed by atoms with Crippen molar-refractivity contribution < 1.29 is 25.2 Å². The smallest absolute Gasteiger partial charge is 0.0323 e. The van der Waals surface area contributed by atoms with Gasteiger partial charge in [-0.2, -0.15) is 0 Å². The zero-order valence-electron chi connectivity index (χ0n) is 7.90. The van der Waals surface area contributed by atoms with Crippen molar-refractivity contribution in [3.05, 3.63) is 33.4 Å². The molecule has 2 aliphatic carbocycles. The minimum atomic E-state index is 0. The molecule has 2 aliphatic rings. The minimum absolute atomic E-state index is 0. The Bertz CT molecular complexity index is 145. The number of ether oxygens (including phenoxy) is 1. The molecule has 2 rings (SSSR count). The van der Waals surface area contributed by atoms with E-state index >= 15 is 0 Å². The van der Waals surface area contributed by atoms with Crippen LogP contribution in [0, 0.1) is 33.1 Å². The number of hydrogen-bond donors (Lipinski definition) is 0. The summed E-state index contributed by atoms with van der Waals surface area (Å²) in [6, 6.07) is 0. The Morgan fingerprint density at radius 3 is 2.25 bits per heavy atom. The van der Waals surface area contributed by atoms with Crippen LogP contribution in [0.3, 0.4) is 0 Å². The summed E-state index contributed by atoms with van der Waals surface area (Å²) in [4.78, 5) is 0. The van der Waals surface area contributed by atoms with Gasteiger partial charge in [0.1, 0.15) is 0 Å². The maximum absolute atomic E-state index is 5.24. The van der Waals surface area contributed by atoms with Crippen molar-refractivity contribution in [2.24, 2.45) is 11.8 Å². The van der Waals surface area contributed by atoms with Gasteiger partial charge in [0.15, 0.2) is 0 Å². The van der Waals surface area contributed by atoms with Crippen molar-refractivity contribution in [1.29, 1.82) is 0 Å². The van der Waals surface area contributed by atoms with Gasteiger partial charge >= 0.3 is 0 Å². The van der Waals surface area contributed by atoms with E-state index in [4.69, 9.17) is 4.74 Å². The third-order valence-electron chi connectivity index (χ3n) is 2.28. The van der Waals surface area contributed by atoms with Gasteiger partial charge in [-0.05, 0) is 5.92 Å². The molecule has 0 spiro atoms. The van der Waals surface area contributed by atoms with Gasteiger partial charge in [-0.25, -0.2) is 0 Å². The molecule has 0 aromatic heterocycles. The number of fused-ring (bicyclic) bond motifs is 2. The first-order chi connectivity index (χ1) is 4.40. The molecule has 1 fully saturated rings. The van der Waals surface area contributed by atoms with Gasteiger partial charge in [-0.1, -0.05) is 18.6 Å². The fourth-order valence-corrected chi connectivity index (χ4v) is 1.78. The maximum atomic E-state index is 5.24. The summed E-state index contributed by atoms with van der Waals surface area (Å²) < 4.78 is 5.24. The van der Waals surface area contributed by atoms with E-state index in [0.717, 1.165) is 5.92 Å². The molecule has 0 N–H and O–H groups in total. The molecule has 0 aromatic carbocycles. The van der Waals surface area contributed by atoms with E-state index in [1.165, 1.54) is 6.42 Å². The van der Waals surface area contributed by atoms with E-state index in [1.54, 1.807) is 7.11 Å². The molecule has 3 atom stereocenters. The van der Waals surface area contributed by atoms with Gasteiger partial charge < -0.3 is 19.6 Å². The Labute approximate surface area is 90.2 Å². The van der Waals surface area contributed by atoms with Gasteiger partial charge in [-0.15, -0.1) is 12.0 Å². The van der Waals surface area contributed by atoms with Crippen LogP contribution in [0.1, 0.15) is 6.42 Å². The first-order valence-corrected chi connectivity index (χ1v) is 3.46. The standard InChI is InChI=1S/C8H11O.2CH3.Pd/c1-9-8-5-6-2-3-7(8)4-6;;;/h2-3,5-8H,4H2,1H3;2*1H3;/q3*-1;. The van der Waals surface area contributed by atoms with Crippen LogP contribution in [0.25, 0.3) is 0 Å². The Balaban J connectivity index is 0. The molecule has 76 valence electrons. The molecule has 0 amide bonds. The van der Waals surface area contributed by atoms with E-state index in [0.29, 0.717) is 12.0 Å². The van der Waals surface area contributed by atoms with Crippen LogP contribution in [0.2, 0.25) is 0 Å². The molecule has 0 aliphatic heterocycles.